The summed E-state index contributed by atoms with van der Waals surface area (Å²) in [6.07, 6.45) is 7.06. The molecule has 7 nitrogen and oxygen atoms in total. The summed E-state index contributed by atoms with van der Waals surface area (Å²) in [6.45, 7) is 1.94. The normalized spacial score (nSPS) is 11.2. The van der Waals surface area contributed by atoms with Crippen LogP contribution in [0.15, 0.2) is 36.9 Å². The third kappa shape index (κ3) is 2.32. The van der Waals surface area contributed by atoms with Gasteiger partial charge in [-0.15, -0.1) is 5.10 Å². The van der Waals surface area contributed by atoms with Crippen LogP contribution < -0.4 is 5.32 Å². The van der Waals surface area contributed by atoms with Gasteiger partial charge in [0, 0.05) is 6.20 Å². The van der Waals surface area contributed by atoms with Gasteiger partial charge >= 0.3 is 0 Å². The van der Waals surface area contributed by atoms with E-state index in [0.717, 1.165) is 21.5 Å². The fourth-order valence-corrected chi connectivity index (χ4v) is 3.09. The summed E-state index contributed by atoms with van der Waals surface area (Å²) in [5.41, 5.74) is 1.75. The summed E-state index contributed by atoms with van der Waals surface area (Å²) in [4.78, 5) is 9.44. The van der Waals surface area contributed by atoms with Crippen molar-refractivity contribution in [3.63, 3.8) is 0 Å². The molecular weight excluding hydrogens is 322 g/mol. The predicted octanol–water partition coefficient (Wildman–Crippen LogP) is 3.08. The molecule has 4 aromatic rings. The maximum absolute atomic E-state index is 6.12. The minimum absolute atomic E-state index is 0.542. The van der Waals surface area contributed by atoms with Crippen LogP contribution in [0.5, 0.6) is 0 Å². The van der Waals surface area contributed by atoms with Crippen molar-refractivity contribution in [2.75, 3.05) is 5.32 Å². The van der Waals surface area contributed by atoms with Gasteiger partial charge in [0.25, 0.3) is 0 Å². The number of pyridine rings is 1. The third-order valence-corrected chi connectivity index (χ3v) is 4.09. The molecule has 0 aliphatic carbocycles. The molecule has 0 spiro atoms. The molecule has 0 atom stereocenters. The van der Waals surface area contributed by atoms with E-state index < -0.39 is 0 Å². The molecule has 0 aliphatic heterocycles. The summed E-state index contributed by atoms with van der Waals surface area (Å²) >= 11 is 7.59. The van der Waals surface area contributed by atoms with Gasteiger partial charge in [-0.1, -0.05) is 22.9 Å². The Hall–Kier alpha value is -2.45. The molecule has 4 rings (SSSR count). The fourth-order valence-electron chi connectivity index (χ4n) is 2.03. The Balaban J connectivity index is 1.61. The lowest BCUT2D eigenvalue weighted by atomic mass is 10.4. The minimum atomic E-state index is 0.542. The molecule has 0 saturated carbocycles. The zero-order chi connectivity index (χ0) is 15.1. The van der Waals surface area contributed by atoms with Crippen molar-refractivity contribution in [1.82, 2.24) is 29.4 Å². The number of rotatable bonds is 3. The predicted molar refractivity (Wildman–Crippen MR) is 85.3 cm³/mol. The first kappa shape index (κ1) is 13.2. The molecule has 22 heavy (non-hydrogen) atoms. The number of fused-ring (bicyclic) bond motifs is 1. The Labute approximate surface area is 134 Å². The average Bonchev–Trinajstić information content (AvgIpc) is 3.15. The molecule has 9 heteroatoms. The number of hydrogen-bond donors (Lipinski definition) is 1. The van der Waals surface area contributed by atoms with Gasteiger partial charge in [-0.05, 0) is 19.1 Å². The van der Waals surface area contributed by atoms with Crippen molar-refractivity contribution in [2.45, 2.75) is 6.92 Å². The van der Waals surface area contributed by atoms with Crippen LogP contribution in [0.4, 0.5) is 10.8 Å². The Morgan fingerprint density at radius 3 is 3.05 bits per heavy atom. The van der Waals surface area contributed by atoms with Gasteiger partial charge in [0.2, 0.25) is 10.1 Å². The van der Waals surface area contributed by atoms with E-state index in [-0.39, 0.29) is 0 Å². The molecule has 0 aliphatic rings. The van der Waals surface area contributed by atoms with Crippen LogP contribution in [0, 0.1) is 6.92 Å². The first-order valence-electron chi connectivity index (χ1n) is 6.44. The number of imidazole rings is 1. The van der Waals surface area contributed by atoms with E-state index in [9.17, 15) is 0 Å². The minimum Gasteiger partial charge on any atom is -0.327 e. The smallest absolute Gasteiger partial charge is 0.214 e. The van der Waals surface area contributed by atoms with Crippen LogP contribution in [-0.2, 0) is 0 Å². The second kappa shape index (κ2) is 5.08. The van der Waals surface area contributed by atoms with Crippen molar-refractivity contribution in [3.8, 4) is 5.82 Å². The van der Waals surface area contributed by atoms with E-state index in [0.29, 0.717) is 10.8 Å². The quantitative estimate of drug-likeness (QED) is 0.624. The first-order valence-corrected chi connectivity index (χ1v) is 7.64. The van der Waals surface area contributed by atoms with Gasteiger partial charge in [0.05, 0.1) is 35.0 Å². The summed E-state index contributed by atoms with van der Waals surface area (Å²) < 4.78 is 3.37. The summed E-state index contributed by atoms with van der Waals surface area (Å²) in [5, 5.41) is 13.2. The monoisotopic (exact) mass is 331 g/mol. The van der Waals surface area contributed by atoms with E-state index in [2.05, 4.69) is 25.5 Å². The number of nitrogens with zero attached hydrogens (tertiary/aromatic N) is 6. The second-order valence-electron chi connectivity index (χ2n) is 4.62. The van der Waals surface area contributed by atoms with Crippen molar-refractivity contribution < 1.29 is 0 Å². The maximum atomic E-state index is 6.12. The highest BCUT2D eigenvalue weighted by Gasteiger charge is 2.09. The van der Waals surface area contributed by atoms with E-state index in [1.165, 1.54) is 11.3 Å². The standard InChI is InChI=1S/C13H10ClN7S/c1-8-6-21-13(17-8)22-12(19-21)18-9-5-16-20(7-9)11-10(14)3-2-4-15-11/h2-7H,1H3,(H,18,19). The van der Waals surface area contributed by atoms with E-state index in [1.807, 2.05) is 19.3 Å². The SMILES string of the molecule is Cc1cn2nc(Nc3cnn(-c4ncccc4Cl)c3)sc2n1. The Bertz CT molecular complexity index is 923. The largest absolute Gasteiger partial charge is 0.327 e. The van der Waals surface area contributed by atoms with Gasteiger partial charge in [-0.3, -0.25) is 0 Å². The van der Waals surface area contributed by atoms with Crippen LogP contribution in [-0.4, -0.2) is 29.4 Å². The van der Waals surface area contributed by atoms with Gasteiger partial charge in [-0.25, -0.2) is 19.2 Å². The molecule has 0 fully saturated rings. The number of hydrogen-bond acceptors (Lipinski definition) is 6. The van der Waals surface area contributed by atoms with Crippen molar-refractivity contribution >= 4 is 38.7 Å². The number of halogens is 1. The van der Waals surface area contributed by atoms with Crippen LogP contribution in [0.2, 0.25) is 5.02 Å². The Morgan fingerprint density at radius 1 is 1.32 bits per heavy atom. The van der Waals surface area contributed by atoms with Gasteiger partial charge in [-0.2, -0.15) is 5.10 Å². The summed E-state index contributed by atoms with van der Waals surface area (Å²) in [6, 6.07) is 3.55. The van der Waals surface area contributed by atoms with Crippen LogP contribution >= 0.6 is 22.9 Å². The average molecular weight is 332 g/mol. The van der Waals surface area contributed by atoms with Crippen molar-refractivity contribution in [1.29, 1.82) is 0 Å². The molecule has 0 aromatic carbocycles. The lowest BCUT2D eigenvalue weighted by molar-refractivity contribution is 0.847. The Kier molecular flexibility index (Phi) is 3.05. The highest BCUT2D eigenvalue weighted by molar-refractivity contribution is 7.20. The summed E-state index contributed by atoms with van der Waals surface area (Å²) in [5.74, 6) is 0.585. The molecule has 0 unspecified atom stereocenters. The van der Waals surface area contributed by atoms with E-state index in [4.69, 9.17) is 11.6 Å². The highest BCUT2D eigenvalue weighted by atomic mass is 35.5. The first-order chi connectivity index (χ1) is 10.7. The molecule has 0 bridgehead atoms. The van der Waals surface area contributed by atoms with Crippen molar-refractivity contribution in [2.24, 2.45) is 0 Å². The molecule has 4 heterocycles. The molecule has 0 radical (unpaired) electrons. The van der Waals surface area contributed by atoms with Gasteiger partial charge < -0.3 is 5.32 Å². The molecule has 0 saturated heterocycles. The molecule has 110 valence electrons. The number of anilines is 2. The fraction of sp³-hybridized carbons (Fsp3) is 0.0769. The lowest BCUT2D eigenvalue weighted by Crippen LogP contribution is -1.98. The zero-order valence-corrected chi connectivity index (χ0v) is 13.0. The Morgan fingerprint density at radius 2 is 2.23 bits per heavy atom. The highest BCUT2D eigenvalue weighted by Crippen LogP contribution is 2.24. The third-order valence-electron chi connectivity index (χ3n) is 2.95. The number of aromatic nitrogens is 6. The summed E-state index contributed by atoms with van der Waals surface area (Å²) in [7, 11) is 0. The maximum Gasteiger partial charge on any atom is 0.214 e. The molecular formula is C13H10ClN7S. The molecule has 0 amide bonds. The second-order valence-corrected chi connectivity index (χ2v) is 5.99. The number of aryl methyl sites for hydroxylation is 1. The molecule has 1 N–H and O–H groups in total. The topological polar surface area (TPSA) is 72.9 Å². The van der Waals surface area contributed by atoms with Gasteiger partial charge in [0.1, 0.15) is 0 Å². The van der Waals surface area contributed by atoms with E-state index in [1.54, 1.807) is 33.7 Å². The van der Waals surface area contributed by atoms with Gasteiger partial charge in [0.15, 0.2) is 5.82 Å². The van der Waals surface area contributed by atoms with E-state index >= 15 is 0 Å². The zero-order valence-electron chi connectivity index (χ0n) is 11.4. The lowest BCUT2D eigenvalue weighted by Gasteiger charge is -2.01. The van der Waals surface area contributed by atoms with Crippen LogP contribution in [0.25, 0.3) is 10.8 Å². The number of nitrogens with one attached hydrogen (secondary N) is 1. The van der Waals surface area contributed by atoms with Crippen molar-refractivity contribution in [3.05, 3.63) is 47.6 Å². The van der Waals surface area contributed by atoms with Crippen LogP contribution in [0.1, 0.15) is 5.69 Å². The van der Waals surface area contributed by atoms with Crippen LogP contribution in [0.3, 0.4) is 0 Å². The molecule has 4 aromatic heterocycles.